The minimum atomic E-state index is -6.66. The monoisotopic (exact) mass is 316 g/mol. The van der Waals surface area contributed by atoms with Crippen LogP contribution in [0.1, 0.15) is 12.8 Å². The lowest BCUT2D eigenvalue weighted by molar-refractivity contribution is -0.351. The van der Waals surface area contributed by atoms with Crippen LogP contribution in [0.2, 0.25) is 0 Å². The van der Waals surface area contributed by atoms with Crippen LogP contribution in [0.3, 0.4) is 0 Å². The molecule has 0 aliphatic heterocycles. The molecule has 116 valence electrons. The van der Waals surface area contributed by atoms with Gasteiger partial charge in [-0.25, -0.2) is 4.39 Å². The first-order chi connectivity index (χ1) is 7.96. The molecular weight excluding hydrogens is 312 g/mol. The van der Waals surface area contributed by atoms with E-state index in [4.69, 9.17) is 0 Å². The average molecular weight is 316 g/mol. The fraction of sp³-hybridized carbons (Fsp3) is 1.00. The number of hydrogen-bond donors (Lipinski definition) is 0. The van der Waals surface area contributed by atoms with Gasteiger partial charge in [0.15, 0.2) is 0 Å². The van der Waals surface area contributed by atoms with Crippen molar-refractivity contribution in [2.45, 2.75) is 43.0 Å². The van der Waals surface area contributed by atoms with Crippen molar-refractivity contribution in [2.75, 3.05) is 0 Å². The molecule has 0 saturated carbocycles. The van der Waals surface area contributed by atoms with Gasteiger partial charge in [0.1, 0.15) is 0 Å². The summed E-state index contributed by atoms with van der Waals surface area (Å²) in [6, 6.07) is 0. The van der Waals surface area contributed by atoms with E-state index in [1.807, 2.05) is 0 Å². The summed E-state index contributed by atoms with van der Waals surface area (Å²) in [5.41, 5.74) is -6.13. The Morgan fingerprint density at radius 1 is 0.421 bits per heavy atom. The summed E-state index contributed by atoms with van der Waals surface area (Å²) in [4.78, 5) is 0. The quantitative estimate of drug-likeness (QED) is 0.656. The highest BCUT2D eigenvalue weighted by molar-refractivity contribution is 4.96. The van der Waals surface area contributed by atoms with Crippen molar-refractivity contribution in [3.05, 3.63) is 0 Å². The van der Waals surface area contributed by atoms with Gasteiger partial charge in [-0.3, -0.25) is 0 Å². The smallest absolute Gasteiger partial charge is 0.224 e. The number of rotatable bonds is 3. The van der Waals surface area contributed by atoms with Crippen LogP contribution in [0, 0.1) is 0 Å². The second-order valence-electron chi connectivity index (χ2n) is 3.50. The maximum atomic E-state index is 12.8. The first-order valence-electron chi connectivity index (χ1n) is 4.22. The molecule has 0 fully saturated rings. The van der Waals surface area contributed by atoms with E-state index in [0.29, 0.717) is 0 Å². The van der Waals surface area contributed by atoms with Crippen molar-refractivity contribution in [1.82, 2.24) is 0 Å². The molecule has 0 rings (SSSR count). The van der Waals surface area contributed by atoms with Crippen molar-refractivity contribution in [2.24, 2.45) is 0 Å². The third-order valence-electron chi connectivity index (χ3n) is 2.10. The van der Waals surface area contributed by atoms with Crippen LogP contribution >= 0.6 is 0 Å². The fourth-order valence-corrected chi connectivity index (χ4v) is 0.915. The molecule has 0 atom stereocenters. The molecule has 0 bridgehead atoms. The lowest BCUT2D eigenvalue weighted by Gasteiger charge is -2.31. The lowest BCUT2D eigenvalue weighted by atomic mass is 9.95. The van der Waals surface area contributed by atoms with E-state index in [9.17, 15) is 52.7 Å². The minimum Gasteiger partial charge on any atom is -0.224 e. The predicted molar refractivity (Wildman–Crippen MR) is 36.2 cm³/mol. The number of halogens is 12. The van der Waals surface area contributed by atoms with Crippen molar-refractivity contribution in [3.63, 3.8) is 0 Å². The van der Waals surface area contributed by atoms with E-state index in [1.165, 1.54) is 0 Å². The highest BCUT2D eigenvalue weighted by Crippen LogP contribution is 2.51. The van der Waals surface area contributed by atoms with Crippen LogP contribution < -0.4 is 0 Å². The second kappa shape index (κ2) is 4.62. The summed E-state index contributed by atoms with van der Waals surface area (Å²) in [7, 11) is 0. The first-order valence-corrected chi connectivity index (χ1v) is 4.22. The molecule has 0 spiro atoms. The fourth-order valence-electron chi connectivity index (χ4n) is 0.915. The highest BCUT2D eigenvalue weighted by atomic mass is 19.4. The molecule has 0 aromatic heterocycles. The Kier molecular flexibility index (Phi) is 4.41. The molecule has 0 saturated heterocycles. The zero-order chi connectivity index (χ0) is 15.9. The molecule has 0 heterocycles. The van der Waals surface area contributed by atoms with E-state index < -0.39 is 43.0 Å². The summed E-state index contributed by atoms with van der Waals surface area (Å²) < 4.78 is 143. The standard InChI is InChI=1S/C7H4F12/c8-3(5(11,12)13,6(14,15)16)1-2-4(9,10)7(17,18)19/h1-2H2. The van der Waals surface area contributed by atoms with Crippen LogP contribution in [0.25, 0.3) is 0 Å². The zero-order valence-corrected chi connectivity index (χ0v) is 8.45. The van der Waals surface area contributed by atoms with Crippen molar-refractivity contribution in [1.29, 1.82) is 0 Å². The molecule has 19 heavy (non-hydrogen) atoms. The van der Waals surface area contributed by atoms with E-state index in [-0.39, 0.29) is 0 Å². The number of hydrogen-bond acceptors (Lipinski definition) is 0. The minimum absolute atomic E-state index is 2.98. The van der Waals surface area contributed by atoms with Gasteiger partial charge in [0.25, 0.3) is 5.67 Å². The van der Waals surface area contributed by atoms with Gasteiger partial charge in [0.05, 0.1) is 0 Å². The lowest BCUT2D eigenvalue weighted by Crippen LogP contribution is -2.54. The summed E-state index contributed by atoms with van der Waals surface area (Å²) in [6.45, 7) is 0. The Bertz CT molecular complexity index is 290. The molecular formula is C7H4F12. The Morgan fingerprint density at radius 2 is 0.737 bits per heavy atom. The number of alkyl halides is 12. The first kappa shape index (κ1) is 18.2. The van der Waals surface area contributed by atoms with Crippen LogP contribution in [0.15, 0.2) is 0 Å². The van der Waals surface area contributed by atoms with E-state index in [2.05, 4.69) is 0 Å². The van der Waals surface area contributed by atoms with Gasteiger partial charge in [-0.15, -0.1) is 0 Å². The molecule has 0 radical (unpaired) electrons. The van der Waals surface area contributed by atoms with E-state index >= 15 is 0 Å². The van der Waals surface area contributed by atoms with Gasteiger partial charge in [0.2, 0.25) is 0 Å². The van der Waals surface area contributed by atoms with Crippen LogP contribution in [0.4, 0.5) is 52.7 Å². The SMILES string of the molecule is FC(F)(F)C(F)(F)CCC(F)(C(F)(F)F)C(F)(F)F. The third kappa shape index (κ3) is 3.59. The van der Waals surface area contributed by atoms with Crippen LogP contribution in [-0.4, -0.2) is 30.1 Å². The highest BCUT2D eigenvalue weighted by Gasteiger charge is 2.73. The van der Waals surface area contributed by atoms with Crippen molar-refractivity contribution >= 4 is 0 Å². The predicted octanol–water partition coefficient (Wildman–Crippen LogP) is 4.80. The summed E-state index contributed by atoms with van der Waals surface area (Å²) in [5.74, 6) is -5.86. The second-order valence-corrected chi connectivity index (χ2v) is 3.50. The topological polar surface area (TPSA) is 0 Å². The van der Waals surface area contributed by atoms with Crippen molar-refractivity contribution in [3.8, 4) is 0 Å². The zero-order valence-electron chi connectivity index (χ0n) is 8.45. The molecule has 0 aromatic rings. The molecule has 0 unspecified atom stereocenters. The molecule has 0 N–H and O–H groups in total. The molecule has 0 amide bonds. The third-order valence-corrected chi connectivity index (χ3v) is 2.10. The van der Waals surface area contributed by atoms with Gasteiger partial charge in [0, 0.05) is 12.8 Å². The van der Waals surface area contributed by atoms with Gasteiger partial charge in [-0.1, -0.05) is 0 Å². The van der Waals surface area contributed by atoms with Crippen molar-refractivity contribution < 1.29 is 52.7 Å². The molecule has 12 heteroatoms. The molecule has 0 aliphatic rings. The Labute approximate surface area is 96.9 Å². The summed E-state index contributed by atoms with van der Waals surface area (Å²) >= 11 is 0. The molecule has 0 aromatic carbocycles. The Hall–Kier alpha value is -0.840. The van der Waals surface area contributed by atoms with Gasteiger partial charge in [-0.05, 0) is 0 Å². The Balaban J connectivity index is 5.22. The van der Waals surface area contributed by atoms with Crippen LogP contribution in [0.5, 0.6) is 0 Å². The van der Waals surface area contributed by atoms with Gasteiger partial charge in [-0.2, -0.15) is 48.3 Å². The van der Waals surface area contributed by atoms with Gasteiger partial charge < -0.3 is 0 Å². The van der Waals surface area contributed by atoms with E-state index in [0.717, 1.165) is 0 Å². The maximum absolute atomic E-state index is 12.8. The Morgan fingerprint density at radius 3 is 0.947 bits per heavy atom. The average Bonchev–Trinajstić information content (AvgIpc) is 2.08. The summed E-state index contributed by atoms with van der Waals surface area (Å²) in [6.07, 6.45) is -25.8. The van der Waals surface area contributed by atoms with Crippen LogP contribution in [-0.2, 0) is 0 Å². The van der Waals surface area contributed by atoms with E-state index in [1.54, 1.807) is 0 Å². The molecule has 0 aliphatic carbocycles. The normalized spacial score (nSPS) is 15.8. The van der Waals surface area contributed by atoms with Gasteiger partial charge >= 0.3 is 24.5 Å². The summed E-state index contributed by atoms with van der Waals surface area (Å²) in [5, 5.41) is 0. The molecule has 0 nitrogen and oxygen atoms in total. The largest absolute Gasteiger partial charge is 0.453 e. The maximum Gasteiger partial charge on any atom is 0.453 e.